The van der Waals surface area contributed by atoms with E-state index in [2.05, 4.69) is 11.8 Å². The van der Waals surface area contributed by atoms with E-state index >= 15 is 0 Å². The molecule has 0 radical (unpaired) electrons. The molecule has 0 saturated carbocycles. The summed E-state index contributed by atoms with van der Waals surface area (Å²) in [6.45, 7) is 5.60. The number of nitrogens with zero attached hydrogens (tertiary/aromatic N) is 2. The highest BCUT2D eigenvalue weighted by molar-refractivity contribution is 5.82. The summed E-state index contributed by atoms with van der Waals surface area (Å²) in [6.07, 6.45) is 0.588. The maximum atomic E-state index is 12.5. The Bertz CT molecular complexity index is 405. The fourth-order valence-corrected chi connectivity index (χ4v) is 2.48. The molecule has 0 bridgehead atoms. The molecule has 1 aromatic rings. The van der Waals surface area contributed by atoms with Crippen molar-refractivity contribution < 1.29 is 4.79 Å². The van der Waals surface area contributed by atoms with Crippen molar-refractivity contribution in [2.45, 2.75) is 32.4 Å². The van der Waals surface area contributed by atoms with Crippen molar-refractivity contribution >= 4 is 5.91 Å². The van der Waals surface area contributed by atoms with Crippen LogP contribution in [0.5, 0.6) is 0 Å². The SMILES string of the molecule is CCN(C(=O)C(N)Cc1ccccc1)C(C)CN(C)C. The number of amides is 1. The Morgan fingerprint density at radius 1 is 1.25 bits per heavy atom. The Hall–Kier alpha value is -1.39. The molecule has 1 amide bonds. The quantitative estimate of drug-likeness (QED) is 0.818. The molecule has 0 spiro atoms. The van der Waals surface area contributed by atoms with Crippen molar-refractivity contribution in [3.05, 3.63) is 35.9 Å². The number of benzene rings is 1. The van der Waals surface area contributed by atoms with Gasteiger partial charge in [0.25, 0.3) is 0 Å². The minimum absolute atomic E-state index is 0.0331. The molecule has 0 aliphatic rings. The molecule has 112 valence electrons. The molecule has 20 heavy (non-hydrogen) atoms. The van der Waals surface area contributed by atoms with Crippen molar-refractivity contribution in [2.75, 3.05) is 27.2 Å². The Morgan fingerprint density at radius 2 is 1.85 bits per heavy atom. The van der Waals surface area contributed by atoms with Crippen LogP contribution in [0.4, 0.5) is 0 Å². The highest BCUT2D eigenvalue weighted by Gasteiger charge is 2.24. The van der Waals surface area contributed by atoms with Crippen LogP contribution in [0.2, 0.25) is 0 Å². The lowest BCUT2D eigenvalue weighted by molar-refractivity contribution is -0.134. The summed E-state index contributed by atoms with van der Waals surface area (Å²) in [5.41, 5.74) is 7.19. The fraction of sp³-hybridized carbons (Fsp3) is 0.562. The molecule has 0 heterocycles. The Balaban J connectivity index is 2.65. The minimum Gasteiger partial charge on any atom is -0.338 e. The second-order valence-electron chi connectivity index (χ2n) is 5.53. The smallest absolute Gasteiger partial charge is 0.240 e. The zero-order chi connectivity index (χ0) is 15.1. The number of likely N-dealkylation sites (N-methyl/N-ethyl adjacent to an activating group) is 2. The largest absolute Gasteiger partial charge is 0.338 e. The van der Waals surface area contributed by atoms with Crippen LogP contribution in [0.25, 0.3) is 0 Å². The first-order valence-electron chi connectivity index (χ1n) is 7.20. The van der Waals surface area contributed by atoms with Crippen LogP contribution in [-0.4, -0.2) is 55.0 Å². The zero-order valence-electron chi connectivity index (χ0n) is 13.0. The van der Waals surface area contributed by atoms with Crippen LogP contribution in [0.1, 0.15) is 19.4 Å². The van der Waals surface area contributed by atoms with Gasteiger partial charge in [0, 0.05) is 19.1 Å². The van der Waals surface area contributed by atoms with E-state index in [-0.39, 0.29) is 11.9 Å². The third kappa shape index (κ3) is 4.94. The van der Waals surface area contributed by atoms with Crippen molar-refractivity contribution in [3.8, 4) is 0 Å². The standard InChI is InChI=1S/C16H27N3O/c1-5-19(13(2)12-18(3)4)16(20)15(17)11-14-9-7-6-8-10-14/h6-10,13,15H,5,11-12,17H2,1-4H3. The van der Waals surface area contributed by atoms with Gasteiger partial charge in [-0.25, -0.2) is 0 Å². The van der Waals surface area contributed by atoms with Crippen LogP contribution in [0.15, 0.2) is 30.3 Å². The summed E-state index contributed by atoms with van der Waals surface area (Å²) in [5, 5.41) is 0. The molecular formula is C16H27N3O. The van der Waals surface area contributed by atoms with Gasteiger partial charge >= 0.3 is 0 Å². The van der Waals surface area contributed by atoms with Gasteiger partial charge < -0.3 is 15.5 Å². The third-order valence-corrected chi connectivity index (χ3v) is 3.40. The van der Waals surface area contributed by atoms with Gasteiger partial charge in [-0.05, 0) is 39.9 Å². The highest BCUT2D eigenvalue weighted by Crippen LogP contribution is 2.07. The summed E-state index contributed by atoms with van der Waals surface area (Å²) >= 11 is 0. The molecule has 1 rings (SSSR count). The van der Waals surface area contributed by atoms with Crippen molar-refractivity contribution in [3.63, 3.8) is 0 Å². The second-order valence-corrected chi connectivity index (χ2v) is 5.53. The number of hydrogen-bond donors (Lipinski definition) is 1. The molecule has 0 aromatic heterocycles. The maximum absolute atomic E-state index is 12.5. The first-order chi connectivity index (χ1) is 9.45. The van der Waals surface area contributed by atoms with Gasteiger partial charge in [0.1, 0.15) is 0 Å². The summed E-state index contributed by atoms with van der Waals surface area (Å²) < 4.78 is 0. The predicted octanol–water partition coefficient (Wildman–Crippen LogP) is 1.35. The molecule has 2 atom stereocenters. The van der Waals surface area contributed by atoms with Crippen LogP contribution in [0, 0.1) is 0 Å². The van der Waals surface area contributed by atoms with E-state index in [0.29, 0.717) is 13.0 Å². The Labute approximate surface area is 122 Å². The number of carbonyl (C=O) groups is 1. The van der Waals surface area contributed by atoms with Crippen molar-refractivity contribution in [1.29, 1.82) is 0 Å². The van der Waals surface area contributed by atoms with Crippen LogP contribution in [0.3, 0.4) is 0 Å². The fourth-order valence-electron chi connectivity index (χ4n) is 2.48. The van der Waals surface area contributed by atoms with E-state index in [0.717, 1.165) is 12.1 Å². The van der Waals surface area contributed by atoms with E-state index in [1.165, 1.54) is 0 Å². The molecular weight excluding hydrogens is 250 g/mol. The average Bonchev–Trinajstić information content (AvgIpc) is 2.39. The van der Waals surface area contributed by atoms with Gasteiger partial charge in [-0.2, -0.15) is 0 Å². The molecule has 0 aliphatic heterocycles. The van der Waals surface area contributed by atoms with Gasteiger partial charge in [-0.3, -0.25) is 4.79 Å². The van der Waals surface area contributed by atoms with E-state index in [4.69, 9.17) is 5.73 Å². The van der Waals surface area contributed by atoms with E-state index in [9.17, 15) is 4.79 Å². The second kappa shape index (κ2) is 8.02. The highest BCUT2D eigenvalue weighted by atomic mass is 16.2. The molecule has 0 aliphatic carbocycles. The van der Waals surface area contributed by atoms with Gasteiger partial charge in [-0.15, -0.1) is 0 Å². The monoisotopic (exact) mass is 277 g/mol. The lowest BCUT2D eigenvalue weighted by atomic mass is 10.0. The Kier molecular flexibility index (Phi) is 6.68. The lowest BCUT2D eigenvalue weighted by Crippen LogP contribution is -2.51. The summed E-state index contributed by atoms with van der Waals surface area (Å²) in [5.74, 6) is 0.0331. The Morgan fingerprint density at radius 3 is 2.35 bits per heavy atom. The summed E-state index contributed by atoms with van der Waals surface area (Å²) in [4.78, 5) is 16.4. The third-order valence-electron chi connectivity index (χ3n) is 3.40. The number of carbonyl (C=O) groups excluding carboxylic acids is 1. The van der Waals surface area contributed by atoms with Gasteiger partial charge in [0.05, 0.1) is 6.04 Å². The first-order valence-corrected chi connectivity index (χ1v) is 7.20. The number of nitrogens with two attached hydrogens (primary N) is 1. The summed E-state index contributed by atoms with van der Waals surface area (Å²) in [7, 11) is 4.03. The topological polar surface area (TPSA) is 49.6 Å². The van der Waals surface area contributed by atoms with E-state index < -0.39 is 6.04 Å². The first kappa shape index (κ1) is 16.7. The minimum atomic E-state index is -0.470. The molecule has 4 nitrogen and oxygen atoms in total. The van der Waals surface area contributed by atoms with Crippen LogP contribution >= 0.6 is 0 Å². The van der Waals surface area contributed by atoms with Crippen LogP contribution < -0.4 is 5.73 Å². The van der Waals surface area contributed by atoms with Crippen LogP contribution in [-0.2, 0) is 11.2 Å². The molecule has 2 N–H and O–H groups in total. The molecule has 2 unspecified atom stereocenters. The molecule has 1 aromatic carbocycles. The van der Waals surface area contributed by atoms with E-state index in [1.54, 1.807) is 0 Å². The molecule has 4 heteroatoms. The van der Waals surface area contributed by atoms with E-state index in [1.807, 2.05) is 56.3 Å². The predicted molar refractivity (Wildman–Crippen MR) is 83.5 cm³/mol. The summed E-state index contributed by atoms with van der Waals surface area (Å²) in [6, 6.07) is 9.62. The van der Waals surface area contributed by atoms with Gasteiger partial charge in [-0.1, -0.05) is 30.3 Å². The molecule has 0 fully saturated rings. The van der Waals surface area contributed by atoms with Gasteiger partial charge in [0.15, 0.2) is 0 Å². The zero-order valence-corrected chi connectivity index (χ0v) is 13.0. The maximum Gasteiger partial charge on any atom is 0.240 e. The number of hydrogen-bond acceptors (Lipinski definition) is 3. The number of rotatable bonds is 7. The van der Waals surface area contributed by atoms with Gasteiger partial charge in [0.2, 0.25) is 5.91 Å². The lowest BCUT2D eigenvalue weighted by Gasteiger charge is -2.32. The normalized spacial score (nSPS) is 14.1. The van der Waals surface area contributed by atoms with Crippen molar-refractivity contribution in [1.82, 2.24) is 9.80 Å². The average molecular weight is 277 g/mol. The van der Waals surface area contributed by atoms with Crippen molar-refractivity contribution in [2.24, 2.45) is 5.73 Å². The molecule has 0 saturated heterocycles.